The van der Waals surface area contributed by atoms with Gasteiger partial charge in [0.05, 0.1) is 18.8 Å². The van der Waals surface area contributed by atoms with E-state index in [1.807, 2.05) is 6.92 Å². The number of aromatic nitrogens is 4. The van der Waals surface area contributed by atoms with Crippen LogP contribution in [0.15, 0.2) is 18.3 Å². The van der Waals surface area contributed by atoms with E-state index < -0.39 is 11.6 Å². The fourth-order valence-corrected chi connectivity index (χ4v) is 4.44. The first-order valence-corrected chi connectivity index (χ1v) is 11.5. The van der Waals surface area contributed by atoms with E-state index in [-0.39, 0.29) is 47.2 Å². The van der Waals surface area contributed by atoms with Crippen LogP contribution in [0.2, 0.25) is 5.02 Å². The van der Waals surface area contributed by atoms with E-state index in [4.69, 9.17) is 17.3 Å². The number of aliphatic hydroxyl groups is 1. The number of hydrogen-bond donors (Lipinski definition) is 4. The van der Waals surface area contributed by atoms with Crippen LogP contribution in [-0.4, -0.2) is 43.2 Å². The zero-order chi connectivity index (χ0) is 24.4. The van der Waals surface area contributed by atoms with E-state index >= 15 is 0 Å². The lowest BCUT2D eigenvalue weighted by Gasteiger charge is -2.29. The summed E-state index contributed by atoms with van der Waals surface area (Å²) in [6.07, 6.45) is 4.57. The van der Waals surface area contributed by atoms with E-state index in [9.17, 15) is 18.7 Å². The van der Waals surface area contributed by atoms with Crippen LogP contribution in [-0.2, 0) is 4.79 Å². The molecule has 1 aromatic carbocycles. The largest absolute Gasteiger partial charge is 0.394 e. The summed E-state index contributed by atoms with van der Waals surface area (Å²) in [6, 6.07) is 1.66. The lowest BCUT2D eigenvalue weighted by atomic mass is 9.85. The lowest BCUT2D eigenvalue weighted by Crippen LogP contribution is -2.29. The first-order valence-electron chi connectivity index (χ1n) is 11.1. The number of benzene rings is 1. The van der Waals surface area contributed by atoms with Crippen LogP contribution in [0.3, 0.4) is 0 Å². The van der Waals surface area contributed by atoms with E-state index in [1.54, 1.807) is 4.57 Å². The van der Waals surface area contributed by atoms with Crippen molar-refractivity contribution in [2.45, 2.75) is 51.1 Å². The minimum Gasteiger partial charge on any atom is -0.394 e. The summed E-state index contributed by atoms with van der Waals surface area (Å²) >= 11 is 5.76. The molecule has 1 atom stereocenters. The maximum Gasteiger partial charge on any atom is 0.225 e. The molecule has 34 heavy (non-hydrogen) atoms. The van der Waals surface area contributed by atoms with Crippen LogP contribution in [0, 0.1) is 17.6 Å². The standard InChI is InChI=1S/C22H26ClF2N7O2/c1-2-13(10-33)28-21-27-9-17-20(31-21)32(14-5-3-11(4-6-14)19(26)34)22(29-17)30-18-15(24)7-12(23)8-16(18)25/h7-9,11,13-14,33H,2-6,10H2,1H3,(H2,26,34)(H,29,30)(H,27,28,31)/t11?,13-,14?/m0/s1. The zero-order valence-electron chi connectivity index (χ0n) is 18.6. The molecule has 9 nitrogen and oxygen atoms in total. The third-order valence-corrected chi connectivity index (χ3v) is 6.41. The quantitative estimate of drug-likeness (QED) is 0.374. The van der Waals surface area contributed by atoms with Crippen molar-refractivity contribution >= 4 is 46.3 Å². The number of carbonyl (C=O) groups is 1. The van der Waals surface area contributed by atoms with Gasteiger partial charge in [-0.25, -0.2) is 18.7 Å². The molecule has 0 radical (unpaired) electrons. The van der Waals surface area contributed by atoms with Crippen molar-refractivity contribution in [3.05, 3.63) is 35.0 Å². The van der Waals surface area contributed by atoms with Crippen molar-refractivity contribution < 1.29 is 18.7 Å². The predicted octanol–water partition coefficient (Wildman–Crippen LogP) is 3.90. The number of halogens is 3. The summed E-state index contributed by atoms with van der Waals surface area (Å²) in [5, 5.41) is 15.3. The number of amides is 1. The van der Waals surface area contributed by atoms with E-state index in [0.717, 1.165) is 12.1 Å². The van der Waals surface area contributed by atoms with Crippen LogP contribution in [0.5, 0.6) is 0 Å². The second-order valence-corrected chi connectivity index (χ2v) is 8.85. The van der Waals surface area contributed by atoms with Crippen LogP contribution in [0.4, 0.5) is 26.4 Å². The van der Waals surface area contributed by atoms with Gasteiger partial charge in [-0.2, -0.15) is 4.98 Å². The van der Waals surface area contributed by atoms with Crippen molar-refractivity contribution in [2.24, 2.45) is 11.7 Å². The molecule has 4 rings (SSSR count). The number of fused-ring (bicyclic) bond motifs is 1. The van der Waals surface area contributed by atoms with Gasteiger partial charge in [-0.1, -0.05) is 18.5 Å². The summed E-state index contributed by atoms with van der Waals surface area (Å²) in [5.41, 5.74) is 5.98. The molecule has 2 aromatic heterocycles. The van der Waals surface area contributed by atoms with Gasteiger partial charge < -0.3 is 21.5 Å². The highest BCUT2D eigenvalue weighted by Gasteiger charge is 2.29. The Kier molecular flexibility index (Phi) is 7.13. The summed E-state index contributed by atoms with van der Waals surface area (Å²) < 4.78 is 30.8. The molecule has 2 heterocycles. The van der Waals surface area contributed by atoms with Gasteiger partial charge in [-0.15, -0.1) is 0 Å². The molecule has 182 valence electrons. The normalized spacial score (nSPS) is 19.2. The number of hydrogen-bond acceptors (Lipinski definition) is 7. The number of imidazole rings is 1. The molecule has 12 heteroatoms. The lowest BCUT2D eigenvalue weighted by molar-refractivity contribution is -0.122. The molecular weight excluding hydrogens is 468 g/mol. The number of nitrogens with zero attached hydrogens (tertiary/aromatic N) is 4. The van der Waals surface area contributed by atoms with Gasteiger partial charge in [0.25, 0.3) is 0 Å². The Morgan fingerprint density at radius 1 is 1.26 bits per heavy atom. The first kappa shape index (κ1) is 24.1. The SMILES string of the molecule is CC[C@@H](CO)Nc1ncc2nc(Nc3c(F)cc(Cl)cc3F)n(C3CCC(C(N)=O)CC3)c2n1. The maximum atomic E-state index is 14.5. The zero-order valence-corrected chi connectivity index (χ0v) is 19.3. The van der Waals surface area contributed by atoms with Gasteiger partial charge in [0.15, 0.2) is 17.3 Å². The molecule has 1 saturated carbocycles. The number of nitrogens with one attached hydrogen (secondary N) is 2. The molecule has 1 aliphatic rings. The molecule has 1 amide bonds. The van der Waals surface area contributed by atoms with Crippen LogP contribution in [0.1, 0.15) is 45.1 Å². The van der Waals surface area contributed by atoms with Gasteiger partial charge in [0.1, 0.15) is 11.2 Å². The maximum absolute atomic E-state index is 14.5. The smallest absolute Gasteiger partial charge is 0.225 e. The third-order valence-electron chi connectivity index (χ3n) is 6.19. The van der Waals surface area contributed by atoms with Crippen molar-refractivity contribution in [2.75, 3.05) is 17.2 Å². The second-order valence-electron chi connectivity index (χ2n) is 8.42. The molecule has 3 aromatic rings. The molecule has 5 N–H and O–H groups in total. The van der Waals surface area contributed by atoms with Gasteiger partial charge in [-0.3, -0.25) is 9.36 Å². The predicted molar refractivity (Wildman–Crippen MR) is 125 cm³/mol. The van der Waals surface area contributed by atoms with Crippen molar-refractivity contribution in [3.8, 4) is 0 Å². The van der Waals surface area contributed by atoms with Crippen molar-refractivity contribution in [1.29, 1.82) is 0 Å². The summed E-state index contributed by atoms with van der Waals surface area (Å²) in [5.74, 6) is -1.77. The minimum absolute atomic E-state index is 0.0604. The van der Waals surface area contributed by atoms with E-state index in [1.165, 1.54) is 6.20 Å². The summed E-state index contributed by atoms with van der Waals surface area (Å²) in [7, 11) is 0. The highest BCUT2D eigenvalue weighted by atomic mass is 35.5. The summed E-state index contributed by atoms with van der Waals surface area (Å²) in [4.78, 5) is 25.0. The molecule has 0 unspecified atom stereocenters. The van der Waals surface area contributed by atoms with E-state index in [0.29, 0.717) is 49.2 Å². The van der Waals surface area contributed by atoms with Gasteiger partial charge in [0, 0.05) is 17.0 Å². The molecule has 0 saturated heterocycles. The van der Waals surface area contributed by atoms with Crippen molar-refractivity contribution in [1.82, 2.24) is 19.5 Å². The monoisotopic (exact) mass is 493 g/mol. The molecule has 0 aliphatic heterocycles. The van der Waals surface area contributed by atoms with E-state index in [2.05, 4.69) is 25.6 Å². The van der Waals surface area contributed by atoms with Gasteiger partial charge >= 0.3 is 0 Å². The van der Waals surface area contributed by atoms with Gasteiger partial charge in [0.2, 0.25) is 17.8 Å². The van der Waals surface area contributed by atoms with Crippen LogP contribution < -0.4 is 16.4 Å². The third kappa shape index (κ3) is 4.90. The highest BCUT2D eigenvalue weighted by molar-refractivity contribution is 6.30. The summed E-state index contributed by atoms with van der Waals surface area (Å²) in [6.45, 7) is 1.83. The fourth-order valence-electron chi connectivity index (χ4n) is 4.25. The molecule has 0 bridgehead atoms. The average Bonchev–Trinajstić information content (AvgIpc) is 3.17. The topological polar surface area (TPSA) is 131 Å². The van der Waals surface area contributed by atoms with Crippen LogP contribution >= 0.6 is 11.6 Å². The van der Waals surface area contributed by atoms with Crippen LogP contribution in [0.25, 0.3) is 11.2 Å². The molecule has 1 aliphatic carbocycles. The number of primary amides is 1. The Morgan fingerprint density at radius 2 is 1.94 bits per heavy atom. The number of carbonyl (C=O) groups excluding carboxylic acids is 1. The minimum atomic E-state index is -0.858. The highest BCUT2D eigenvalue weighted by Crippen LogP contribution is 2.37. The Labute approximate surface area is 199 Å². The number of rotatable bonds is 8. The first-order chi connectivity index (χ1) is 16.3. The Morgan fingerprint density at radius 3 is 2.53 bits per heavy atom. The Hall–Kier alpha value is -3.05. The Balaban J connectivity index is 1.76. The second kappa shape index (κ2) is 10.1. The van der Waals surface area contributed by atoms with Crippen molar-refractivity contribution in [3.63, 3.8) is 0 Å². The number of anilines is 3. The molecule has 1 fully saturated rings. The number of nitrogens with two attached hydrogens (primary N) is 1. The van der Waals surface area contributed by atoms with Gasteiger partial charge in [-0.05, 0) is 44.2 Å². The Bertz CT molecular complexity index is 1170. The molecule has 0 spiro atoms. The number of aliphatic hydroxyl groups excluding tert-OH is 1. The fraction of sp³-hybridized carbons (Fsp3) is 0.455. The molecular formula is C22H26ClF2N7O2. The average molecular weight is 494 g/mol.